The number of aliphatic hydroxyl groups is 1. The maximum absolute atomic E-state index is 10.3. The average molecular weight is 210 g/mol. The predicted octanol–water partition coefficient (Wildman–Crippen LogP) is 3.07. The van der Waals surface area contributed by atoms with E-state index in [-0.39, 0.29) is 0 Å². The number of rotatable bonds is 2. The number of benzene rings is 2. The normalized spacial score (nSPS) is 14.3. The van der Waals surface area contributed by atoms with Gasteiger partial charge in [-0.15, -0.1) is 12.3 Å². The Kier molecular flexibility index (Phi) is 2.68. The summed E-state index contributed by atoms with van der Waals surface area (Å²) >= 11 is 0. The first-order valence-corrected chi connectivity index (χ1v) is 5.29. The second-order valence-corrected chi connectivity index (χ2v) is 4.18. The molecule has 0 saturated heterocycles. The number of terminal acetylenes is 1. The Bertz CT molecular complexity index is 541. The van der Waals surface area contributed by atoms with Crippen molar-refractivity contribution in [2.45, 2.75) is 18.9 Å². The van der Waals surface area contributed by atoms with Gasteiger partial charge in [-0.2, -0.15) is 0 Å². The van der Waals surface area contributed by atoms with Gasteiger partial charge in [-0.3, -0.25) is 0 Å². The molecule has 1 atom stereocenters. The fourth-order valence-electron chi connectivity index (χ4n) is 1.99. The summed E-state index contributed by atoms with van der Waals surface area (Å²) in [6.07, 6.45) is 5.61. The molecule has 0 aliphatic rings. The van der Waals surface area contributed by atoms with Crippen molar-refractivity contribution in [1.82, 2.24) is 0 Å². The second-order valence-electron chi connectivity index (χ2n) is 4.18. The molecule has 0 amide bonds. The molecule has 2 aromatic carbocycles. The zero-order valence-electron chi connectivity index (χ0n) is 9.27. The minimum atomic E-state index is -0.963. The highest BCUT2D eigenvalue weighted by Crippen LogP contribution is 2.30. The van der Waals surface area contributed by atoms with Gasteiger partial charge in [-0.05, 0) is 23.3 Å². The SMILES string of the molecule is C#CCC(C)(O)c1cccc2ccccc12. The van der Waals surface area contributed by atoms with Crippen molar-refractivity contribution in [3.63, 3.8) is 0 Å². The predicted molar refractivity (Wildman–Crippen MR) is 67.0 cm³/mol. The molecule has 0 aliphatic carbocycles. The Morgan fingerprint density at radius 1 is 1.19 bits per heavy atom. The first-order valence-electron chi connectivity index (χ1n) is 5.29. The maximum Gasteiger partial charge on any atom is 0.0983 e. The van der Waals surface area contributed by atoms with E-state index in [1.54, 1.807) is 6.92 Å². The topological polar surface area (TPSA) is 20.2 Å². The van der Waals surface area contributed by atoms with Crippen LogP contribution in [0.3, 0.4) is 0 Å². The lowest BCUT2D eigenvalue weighted by Crippen LogP contribution is -2.20. The van der Waals surface area contributed by atoms with Crippen molar-refractivity contribution < 1.29 is 5.11 Å². The number of hydrogen-bond acceptors (Lipinski definition) is 1. The molecule has 1 nitrogen and oxygen atoms in total. The third-order valence-electron chi connectivity index (χ3n) is 2.82. The van der Waals surface area contributed by atoms with Gasteiger partial charge in [-0.25, -0.2) is 0 Å². The van der Waals surface area contributed by atoms with Crippen LogP contribution in [0.1, 0.15) is 18.9 Å². The van der Waals surface area contributed by atoms with E-state index in [4.69, 9.17) is 6.42 Å². The zero-order valence-corrected chi connectivity index (χ0v) is 9.27. The van der Waals surface area contributed by atoms with Gasteiger partial charge in [0.1, 0.15) is 0 Å². The maximum atomic E-state index is 10.3. The summed E-state index contributed by atoms with van der Waals surface area (Å²) in [4.78, 5) is 0. The van der Waals surface area contributed by atoms with Crippen molar-refractivity contribution in [3.8, 4) is 12.3 Å². The third kappa shape index (κ3) is 1.80. The van der Waals surface area contributed by atoms with E-state index in [0.717, 1.165) is 16.3 Å². The van der Waals surface area contributed by atoms with Crippen molar-refractivity contribution in [1.29, 1.82) is 0 Å². The molecular formula is C15H14O. The van der Waals surface area contributed by atoms with Gasteiger partial charge in [0.2, 0.25) is 0 Å². The monoisotopic (exact) mass is 210 g/mol. The van der Waals surface area contributed by atoms with Crippen molar-refractivity contribution >= 4 is 10.8 Å². The number of fused-ring (bicyclic) bond motifs is 1. The van der Waals surface area contributed by atoms with E-state index in [2.05, 4.69) is 5.92 Å². The van der Waals surface area contributed by atoms with Crippen LogP contribution in [0.5, 0.6) is 0 Å². The number of hydrogen-bond donors (Lipinski definition) is 1. The molecule has 0 saturated carbocycles. The van der Waals surface area contributed by atoms with Gasteiger partial charge >= 0.3 is 0 Å². The van der Waals surface area contributed by atoms with E-state index in [0.29, 0.717) is 6.42 Å². The molecule has 2 rings (SSSR count). The highest BCUT2D eigenvalue weighted by molar-refractivity contribution is 5.86. The molecule has 0 bridgehead atoms. The Labute approximate surface area is 95.7 Å². The zero-order chi connectivity index (χ0) is 11.6. The van der Waals surface area contributed by atoms with E-state index in [1.165, 1.54) is 0 Å². The Hall–Kier alpha value is -1.78. The van der Waals surface area contributed by atoms with Crippen LogP contribution in [0.2, 0.25) is 0 Å². The van der Waals surface area contributed by atoms with Gasteiger partial charge in [0.05, 0.1) is 5.60 Å². The molecule has 0 aromatic heterocycles. The van der Waals surface area contributed by atoms with Crippen LogP contribution in [0.25, 0.3) is 10.8 Å². The molecule has 80 valence electrons. The molecule has 2 aromatic rings. The highest BCUT2D eigenvalue weighted by atomic mass is 16.3. The van der Waals surface area contributed by atoms with Crippen molar-refractivity contribution in [2.24, 2.45) is 0 Å². The standard InChI is InChI=1S/C15H14O/c1-3-11-15(2,16)14-10-6-8-12-7-4-5-9-13(12)14/h1,4-10,16H,11H2,2H3. The molecule has 0 fully saturated rings. The molecule has 0 aliphatic heterocycles. The highest BCUT2D eigenvalue weighted by Gasteiger charge is 2.23. The summed E-state index contributed by atoms with van der Waals surface area (Å²) in [5.41, 5.74) is -0.0705. The minimum absolute atomic E-state index is 0.320. The van der Waals surface area contributed by atoms with Crippen LogP contribution in [-0.4, -0.2) is 5.11 Å². The summed E-state index contributed by atoms with van der Waals surface area (Å²) in [7, 11) is 0. The first kappa shape index (κ1) is 10.7. The quantitative estimate of drug-likeness (QED) is 0.755. The third-order valence-corrected chi connectivity index (χ3v) is 2.82. The molecule has 1 unspecified atom stereocenters. The van der Waals surface area contributed by atoms with E-state index >= 15 is 0 Å². The lowest BCUT2D eigenvalue weighted by molar-refractivity contribution is 0.0645. The molecule has 0 heterocycles. The summed E-state index contributed by atoms with van der Waals surface area (Å²) in [6, 6.07) is 13.9. The van der Waals surface area contributed by atoms with Crippen molar-refractivity contribution in [3.05, 3.63) is 48.0 Å². The van der Waals surface area contributed by atoms with Crippen LogP contribution in [0.15, 0.2) is 42.5 Å². The molecule has 1 heteroatoms. The summed E-state index contributed by atoms with van der Waals surface area (Å²) in [5.74, 6) is 2.52. The van der Waals surface area contributed by atoms with E-state index in [1.807, 2.05) is 42.5 Å². The molecular weight excluding hydrogens is 196 g/mol. The minimum Gasteiger partial charge on any atom is -0.384 e. The van der Waals surface area contributed by atoms with E-state index in [9.17, 15) is 5.11 Å². The first-order chi connectivity index (χ1) is 7.65. The Balaban J connectivity index is 2.66. The summed E-state index contributed by atoms with van der Waals surface area (Å²) in [5, 5.41) is 12.5. The smallest absolute Gasteiger partial charge is 0.0983 e. The lowest BCUT2D eigenvalue weighted by atomic mass is 9.89. The van der Waals surface area contributed by atoms with Gasteiger partial charge < -0.3 is 5.11 Å². The van der Waals surface area contributed by atoms with Gasteiger partial charge in [0.25, 0.3) is 0 Å². The molecule has 16 heavy (non-hydrogen) atoms. The fraction of sp³-hybridized carbons (Fsp3) is 0.200. The largest absolute Gasteiger partial charge is 0.384 e. The summed E-state index contributed by atoms with van der Waals surface area (Å²) in [6.45, 7) is 1.76. The van der Waals surface area contributed by atoms with Crippen LogP contribution < -0.4 is 0 Å². The van der Waals surface area contributed by atoms with Crippen LogP contribution in [-0.2, 0) is 5.60 Å². The second kappa shape index (κ2) is 4.00. The lowest BCUT2D eigenvalue weighted by Gasteiger charge is -2.23. The fourth-order valence-corrected chi connectivity index (χ4v) is 1.99. The van der Waals surface area contributed by atoms with Crippen LogP contribution >= 0.6 is 0 Å². The van der Waals surface area contributed by atoms with Crippen molar-refractivity contribution in [2.75, 3.05) is 0 Å². The molecule has 1 N–H and O–H groups in total. The average Bonchev–Trinajstić information content (AvgIpc) is 2.28. The molecule has 0 radical (unpaired) electrons. The van der Waals surface area contributed by atoms with Crippen LogP contribution in [0.4, 0.5) is 0 Å². The molecule has 0 spiro atoms. The van der Waals surface area contributed by atoms with Gasteiger partial charge in [0.15, 0.2) is 0 Å². The summed E-state index contributed by atoms with van der Waals surface area (Å²) < 4.78 is 0. The Morgan fingerprint density at radius 2 is 1.88 bits per heavy atom. The Morgan fingerprint density at radius 3 is 2.62 bits per heavy atom. The van der Waals surface area contributed by atoms with Gasteiger partial charge in [-0.1, -0.05) is 42.5 Å². The van der Waals surface area contributed by atoms with Gasteiger partial charge in [0, 0.05) is 6.42 Å². The van der Waals surface area contributed by atoms with Crippen LogP contribution in [0, 0.1) is 12.3 Å². The van der Waals surface area contributed by atoms with E-state index < -0.39 is 5.60 Å².